The van der Waals surface area contributed by atoms with E-state index in [0.717, 1.165) is 0 Å². The minimum Gasteiger partial charge on any atom is -1.00 e. The maximum atomic E-state index is 2.04. The first-order valence-electron chi connectivity index (χ1n) is 1.79. The summed E-state index contributed by atoms with van der Waals surface area (Å²) in [4.78, 5) is 0. The van der Waals surface area contributed by atoms with Gasteiger partial charge in [-0.05, 0) is 0 Å². The molecule has 1 aromatic rings. The maximum Gasteiger partial charge on any atom is 0.183 e. The lowest BCUT2D eigenvalue weighted by Crippen LogP contribution is -3.00. The van der Waals surface area contributed by atoms with Crippen LogP contribution in [-0.2, 0) is 7.05 Å². The molecule has 0 unspecified atom stereocenters. The first kappa shape index (κ1) is 7.36. The van der Waals surface area contributed by atoms with E-state index in [9.17, 15) is 0 Å². The van der Waals surface area contributed by atoms with Crippen molar-refractivity contribution in [1.29, 1.82) is 0 Å². The van der Waals surface area contributed by atoms with Gasteiger partial charge in [0.15, 0.2) is 13.2 Å². The van der Waals surface area contributed by atoms with Gasteiger partial charge in [-0.25, -0.2) is 0 Å². The quantitative estimate of drug-likeness (QED) is 0.343. The number of aryl methyl sites for hydroxylation is 1. The van der Waals surface area contributed by atoms with Gasteiger partial charge in [0.25, 0.3) is 0 Å². The lowest BCUT2D eigenvalue weighted by molar-refractivity contribution is -0.600. The van der Waals surface area contributed by atoms with Gasteiger partial charge in [-0.15, -0.1) is 3.96 Å². The fourth-order valence-corrected chi connectivity index (χ4v) is 0.796. The van der Waals surface area contributed by atoms with E-state index in [1.807, 2.05) is 28.6 Å². The van der Waals surface area contributed by atoms with Crippen LogP contribution in [0.4, 0.5) is 0 Å². The second-order valence-electron chi connectivity index (χ2n) is 1.13. The Morgan fingerprint density at radius 3 is 2.43 bits per heavy atom. The summed E-state index contributed by atoms with van der Waals surface area (Å²) < 4.78 is 2.04. The van der Waals surface area contributed by atoms with E-state index >= 15 is 0 Å². The zero-order valence-corrected chi connectivity index (χ0v) is 6.94. The Labute approximate surface area is 64.2 Å². The lowest BCUT2D eigenvalue weighted by Gasteiger charge is -1.61. The molecule has 1 aromatic heterocycles. The van der Waals surface area contributed by atoms with Crippen LogP contribution in [-0.4, -0.2) is 0 Å². The van der Waals surface area contributed by atoms with Crippen molar-refractivity contribution in [2.45, 2.75) is 0 Å². The number of rotatable bonds is 0. The number of aromatic nitrogens is 1. The number of hydrogen-bond acceptors (Lipinski definition) is 1. The second kappa shape index (κ2) is 3.37. The number of halogens is 1. The van der Waals surface area contributed by atoms with Crippen molar-refractivity contribution in [1.82, 2.24) is 0 Å². The molecule has 1 heterocycles. The molecular formula is C4H6INS. The molecule has 0 aliphatic carbocycles. The predicted octanol–water partition coefficient (Wildman–Crippen LogP) is -2.42. The summed E-state index contributed by atoms with van der Waals surface area (Å²) in [5, 5.41) is 2.04. The highest BCUT2D eigenvalue weighted by molar-refractivity contribution is 6.99. The summed E-state index contributed by atoms with van der Waals surface area (Å²) in [6, 6.07) is 2.02. The number of nitrogens with zero attached hydrogens (tertiary/aromatic N) is 1. The molecule has 40 valence electrons. The fourth-order valence-electron chi connectivity index (χ4n) is 0.323. The van der Waals surface area contributed by atoms with E-state index in [0.29, 0.717) is 0 Å². The first-order valence-corrected chi connectivity index (χ1v) is 2.63. The Balaban J connectivity index is 0.000000360. The van der Waals surface area contributed by atoms with E-state index in [4.69, 9.17) is 0 Å². The molecular weight excluding hydrogens is 221 g/mol. The van der Waals surface area contributed by atoms with Gasteiger partial charge in [0.2, 0.25) is 0 Å². The number of hydrogen-bond donors (Lipinski definition) is 0. The molecule has 1 nitrogen and oxygen atoms in total. The van der Waals surface area contributed by atoms with Crippen molar-refractivity contribution >= 4 is 11.5 Å². The highest BCUT2D eigenvalue weighted by atomic mass is 127. The average molecular weight is 227 g/mol. The van der Waals surface area contributed by atoms with E-state index in [-0.39, 0.29) is 24.0 Å². The fraction of sp³-hybridized carbons (Fsp3) is 0.250. The van der Waals surface area contributed by atoms with Crippen molar-refractivity contribution in [3.63, 3.8) is 0 Å². The highest BCUT2D eigenvalue weighted by Crippen LogP contribution is 1.80. The molecule has 0 aliphatic heterocycles. The zero-order chi connectivity index (χ0) is 4.41. The smallest absolute Gasteiger partial charge is 0.183 e. The van der Waals surface area contributed by atoms with Gasteiger partial charge >= 0.3 is 0 Å². The molecule has 0 bridgehead atoms. The molecule has 0 spiro atoms. The molecule has 0 aliphatic rings. The van der Waals surface area contributed by atoms with Gasteiger partial charge in [-0.3, -0.25) is 0 Å². The lowest BCUT2D eigenvalue weighted by atomic mass is 10.8. The van der Waals surface area contributed by atoms with Crippen LogP contribution in [0.15, 0.2) is 17.6 Å². The van der Waals surface area contributed by atoms with Crippen LogP contribution in [0.3, 0.4) is 0 Å². The molecule has 0 fully saturated rings. The van der Waals surface area contributed by atoms with E-state index in [2.05, 4.69) is 0 Å². The normalized spacial score (nSPS) is 7.57. The van der Waals surface area contributed by atoms with Crippen LogP contribution in [0.5, 0.6) is 0 Å². The van der Waals surface area contributed by atoms with Crippen LogP contribution in [0.1, 0.15) is 0 Å². The van der Waals surface area contributed by atoms with Gasteiger partial charge in [0, 0.05) is 6.07 Å². The van der Waals surface area contributed by atoms with Gasteiger partial charge < -0.3 is 24.0 Å². The first-order chi connectivity index (χ1) is 2.89. The Morgan fingerprint density at radius 1 is 1.57 bits per heavy atom. The Morgan fingerprint density at radius 2 is 2.29 bits per heavy atom. The second-order valence-corrected chi connectivity index (χ2v) is 2.19. The van der Waals surface area contributed by atoms with Crippen molar-refractivity contribution in [3.05, 3.63) is 17.6 Å². The van der Waals surface area contributed by atoms with E-state index in [1.54, 1.807) is 11.5 Å². The third-order valence-electron chi connectivity index (χ3n) is 0.602. The van der Waals surface area contributed by atoms with Gasteiger partial charge in [-0.2, -0.15) is 0 Å². The third-order valence-corrected chi connectivity index (χ3v) is 1.33. The van der Waals surface area contributed by atoms with Gasteiger partial charge in [-0.1, -0.05) is 0 Å². The van der Waals surface area contributed by atoms with Gasteiger partial charge in [0.05, 0.1) is 5.38 Å². The van der Waals surface area contributed by atoms with E-state index in [1.165, 1.54) is 0 Å². The zero-order valence-electron chi connectivity index (χ0n) is 3.97. The summed E-state index contributed by atoms with van der Waals surface area (Å²) in [6.45, 7) is 0. The maximum absolute atomic E-state index is 2.04. The van der Waals surface area contributed by atoms with E-state index < -0.39 is 0 Å². The molecule has 0 saturated heterocycles. The third kappa shape index (κ3) is 2.23. The summed E-state index contributed by atoms with van der Waals surface area (Å²) in [6.07, 6.45) is 2.02. The Hall–Kier alpha value is 0.360. The minimum absolute atomic E-state index is 0. The molecule has 7 heavy (non-hydrogen) atoms. The summed E-state index contributed by atoms with van der Waals surface area (Å²) in [7, 11) is 2.02. The molecule has 0 saturated carbocycles. The molecule has 0 radical (unpaired) electrons. The van der Waals surface area contributed by atoms with Crippen molar-refractivity contribution in [3.8, 4) is 0 Å². The van der Waals surface area contributed by atoms with Crippen LogP contribution < -0.4 is 27.9 Å². The van der Waals surface area contributed by atoms with Gasteiger partial charge in [0.1, 0.15) is 11.5 Å². The van der Waals surface area contributed by atoms with Crippen molar-refractivity contribution < 1.29 is 27.9 Å². The molecule has 0 amide bonds. The summed E-state index contributed by atoms with van der Waals surface area (Å²) in [5.74, 6) is 0. The van der Waals surface area contributed by atoms with Crippen molar-refractivity contribution in [2.24, 2.45) is 7.05 Å². The minimum atomic E-state index is 0. The monoisotopic (exact) mass is 227 g/mol. The molecule has 0 N–H and O–H groups in total. The average Bonchev–Trinajstić information content (AvgIpc) is 1.86. The Bertz CT molecular complexity index is 115. The Kier molecular flexibility index (Phi) is 3.55. The van der Waals surface area contributed by atoms with Crippen LogP contribution >= 0.6 is 11.5 Å². The molecule has 0 aromatic carbocycles. The van der Waals surface area contributed by atoms with Crippen LogP contribution in [0.2, 0.25) is 0 Å². The van der Waals surface area contributed by atoms with Crippen LogP contribution in [0, 0.1) is 0 Å². The SMILES string of the molecule is C[n+]1cccs1.[I-]. The van der Waals surface area contributed by atoms with Crippen molar-refractivity contribution in [2.75, 3.05) is 0 Å². The van der Waals surface area contributed by atoms with Crippen LogP contribution in [0.25, 0.3) is 0 Å². The standard InChI is InChI=1S/C4H6NS.HI/c1-5-3-2-4-6-5;/h2-4H,1H3;1H/q+1;/p-1. The summed E-state index contributed by atoms with van der Waals surface area (Å²) in [5.41, 5.74) is 0. The highest BCUT2D eigenvalue weighted by Gasteiger charge is 1.83. The molecule has 1 rings (SSSR count). The summed E-state index contributed by atoms with van der Waals surface area (Å²) >= 11 is 1.69. The molecule has 3 heteroatoms. The predicted molar refractivity (Wildman–Crippen MR) is 25.5 cm³/mol. The topological polar surface area (TPSA) is 3.88 Å². The molecule has 0 atom stereocenters. The largest absolute Gasteiger partial charge is 1.00 e.